The second-order valence-corrected chi connectivity index (χ2v) is 17.0. The van der Waals surface area contributed by atoms with Crippen molar-refractivity contribution in [1.29, 1.82) is 0 Å². The summed E-state index contributed by atoms with van der Waals surface area (Å²) >= 11 is 0. The molecule has 2 heteroatoms. The zero-order valence-corrected chi connectivity index (χ0v) is 33.2. The van der Waals surface area contributed by atoms with Gasteiger partial charge in [-0.05, 0) is 102 Å². The number of hydrogen-bond acceptors (Lipinski definition) is 2. The van der Waals surface area contributed by atoms with Crippen LogP contribution < -0.4 is 0 Å². The monoisotopic (exact) mass is 742 g/mol. The molecule has 0 N–H and O–H groups in total. The van der Waals surface area contributed by atoms with E-state index in [0.29, 0.717) is 5.82 Å². The van der Waals surface area contributed by atoms with E-state index in [4.69, 9.17) is 9.97 Å². The Bertz CT molecular complexity index is 3100. The Morgan fingerprint density at radius 2 is 0.879 bits per heavy atom. The van der Waals surface area contributed by atoms with Crippen LogP contribution >= 0.6 is 0 Å². The number of benzene rings is 8. The first-order valence-electron chi connectivity index (χ1n) is 20.3. The first-order valence-corrected chi connectivity index (χ1v) is 20.3. The van der Waals surface area contributed by atoms with Crippen molar-refractivity contribution < 1.29 is 0 Å². The number of hydrogen-bond donors (Lipinski definition) is 0. The molecule has 0 saturated carbocycles. The largest absolute Gasteiger partial charge is 0.228 e. The van der Waals surface area contributed by atoms with Crippen LogP contribution in [0.1, 0.15) is 49.9 Å². The Hall–Kier alpha value is -6.90. The Morgan fingerprint density at radius 3 is 1.67 bits per heavy atom. The lowest BCUT2D eigenvalue weighted by molar-refractivity contribution is 0.660. The van der Waals surface area contributed by atoms with Gasteiger partial charge in [0.2, 0.25) is 0 Å². The van der Waals surface area contributed by atoms with Gasteiger partial charge in [-0.2, -0.15) is 0 Å². The molecular weight excluding hydrogens is 701 g/mol. The molecular formula is C56H42N2. The second-order valence-electron chi connectivity index (χ2n) is 17.0. The fourth-order valence-electron chi connectivity index (χ4n) is 9.82. The third-order valence-electron chi connectivity index (χ3n) is 12.9. The van der Waals surface area contributed by atoms with Gasteiger partial charge >= 0.3 is 0 Å². The van der Waals surface area contributed by atoms with E-state index in [9.17, 15) is 0 Å². The van der Waals surface area contributed by atoms with Crippen molar-refractivity contribution in [3.05, 3.63) is 204 Å². The van der Waals surface area contributed by atoms with Gasteiger partial charge in [0, 0.05) is 27.5 Å². The molecule has 11 rings (SSSR count). The minimum absolute atomic E-state index is 0.00928. The molecule has 0 spiro atoms. The maximum Gasteiger partial charge on any atom is 0.160 e. The van der Waals surface area contributed by atoms with Gasteiger partial charge in [0.15, 0.2) is 5.82 Å². The van der Waals surface area contributed by atoms with E-state index in [1.165, 1.54) is 72.0 Å². The summed E-state index contributed by atoms with van der Waals surface area (Å²) in [4.78, 5) is 10.5. The molecule has 58 heavy (non-hydrogen) atoms. The van der Waals surface area contributed by atoms with Crippen LogP contribution in [0.4, 0.5) is 0 Å². The van der Waals surface area contributed by atoms with Gasteiger partial charge in [-0.3, -0.25) is 0 Å². The summed E-state index contributed by atoms with van der Waals surface area (Å²) in [6.45, 7) is 9.39. The lowest BCUT2D eigenvalue weighted by atomic mass is 9.81. The molecule has 2 nitrogen and oxygen atoms in total. The van der Waals surface area contributed by atoms with Gasteiger partial charge in [0.1, 0.15) is 0 Å². The molecule has 1 heterocycles. The number of rotatable bonds is 5. The maximum atomic E-state index is 5.31. The predicted octanol–water partition coefficient (Wildman–Crippen LogP) is 14.6. The van der Waals surface area contributed by atoms with E-state index < -0.39 is 0 Å². The third kappa shape index (κ3) is 5.25. The second kappa shape index (κ2) is 12.8. The highest BCUT2D eigenvalue weighted by molar-refractivity contribution is 6.01. The SMILES string of the molecule is CC1(C)c2ccccc2-c2cc(-c3ccc(-c4cc(-c5ccccc5-c5cccc6c5-c5cc7ccccc7cc5C6(C)C)nc(-c5ccccc5)n4)cc3)ccc21. The number of nitrogens with zero attached hydrogens (tertiary/aromatic N) is 2. The normalized spacial score (nSPS) is 14.1. The fraction of sp³-hybridized carbons (Fsp3) is 0.107. The topological polar surface area (TPSA) is 25.8 Å². The van der Waals surface area contributed by atoms with Gasteiger partial charge in [-0.25, -0.2) is 9.97 Å². The Morgan fingerprint density at radius 1 is 0.310 bits per heavy atom. The third-order valence-corrected chi connectivity index (χ3v) is 12.9. The Kier molecular flexibility index (Phi) is 7.59. The summed E-state index contributed by atoms with van der Waals surface area (Å²) in [6, 6.07) is 66.3. The quantitative estimate of drug-likeness (QED) is 0.175. The van der Waals surface area contributed by atoms with Gasteiger partial charge in [0.25, 0.3) is 0 Å². The summed E-state index contributed by atoms with van der Waals surface area (Å²) in [5.74, 6) is 0.711. The fourth-order valence-corrected chi connectivity index (χ4v) is 9.82. The van der Waals surface area contributed by atoms with Crippen LogP contribution in [0.15, 0.2) is 182 Å². The zero-order chi connectivity index (χ0) is 39.2. The van der Waals surface area contributed by atoms with Crippen molar-refractivity contribution in [2.45, 2.75) is 38.5 Å². The predicted molar refractivity (Wildman–Crippen MR) is 242 cm³/mol. The van der Waals surface area contributed by atoms with E-state index in [1.54, 1.807) is 0 Å². The number of fused-ring (bicyclic) bond motifs is 7. The van der Waals surface area contributed by atoms with Crippen molar-refractivity contribution >= 4 is 10.8 Å². The van der Waals surface area contributed by atoms with Gasteiger partial charge < -0.3 is 0 Å². The van der Waals surface area contributed by atoms with Crippen molar-refractivity contribution in [3.8, 4) is 78.4 Å². The molecule has 0 bridgehead atoms. The lowest BCUT2D eigenvalue weighted by Gasteiger charge is -2.22. The smallest absolute Gasteiger partial charge is 0.160 e. The Labute approximate surface area is 340 Å². The first-order chi connectivity index (χ1) is 28.3. The highest BCUT2D eigenvalue weighted by Crippen LogP contribution is 2.54. The molecule has 0 fully saturated rings. The van der Waals surface area contributed by atoms with Crippen LogP contribution in [0.2, 0.25) is 0 Å². The molecule has 2 aliphatic rings. The molecule has 0 saturated heterocycles. The average Bonchev–Trinajstić information content (AvgIpc) is 3.64. The first kappa shape index (κ1) is 34.4. The average molecular weight is 743 g/mol. The minimum atomic E-state index is -0.130. The van der Waals surface area contributed by atoms with E-state index in [0.717, 1.165) is 33.6 Å². The lowest BCUT2D eigenvalue weighted by Crippen LogP contribution is -2.14. The summed E-state index contributed by atoms with van der Waals surface area (Å²) < 4.78 is 0. The van der Waals surface area contributed by atoms with Crippen LogP contribution in [-0.2, 0) is 10.8 Å². The number of aromatic nitrogens is 2. The molecule has 276 valence electrons. The molecule has 2 aliphatic carbocycles. The molecule has 0 aliphatic heterocycles. The van der Waals surface area contributed by atoms with Crippen LogP contribution in [0.25, 0.3) is 89.2 Å². The van der Waals surface area contributed by atoms with Crippen molar-refractivity contribution in [2.75, 3.05) is 0 Å². The minimum Gasteiger partial charge on any atom is -0.228 e. The molecule has 8 aromatic carbocycles. The highest BCUT2D eigenvalue weighted by atomic mass is 14.9. The Balaban J connectivity index is 1.03. The van der Waals surface area contributed by atoms with Gasteiger partial charge in [0.05, 0.1) is 11.4 Å². The van der Waals surface area contributed by atoms with Crippen molar-refractivity contribution in [3.63, 3.8) is 0 Å². The van der Waals surface area contributed by atoms with E-state index in [-0.39, 0.29) is 10.8 Å². The summed E-state index contributed by atoms with van der Waals surface area (Å²) in [5.41, 5.74) is 20.4. The molecule has 0 amide bonds. The standard InChI is InChI=1S/C56H42N2/c1-55(2)47-23-13-12-20-42(47)45-31-40(29-30-48(45)55)35-25-27-36(28-26-35)51-34-52(58-54(57-51)37-15-6-5-7-16-37)43-21-11-10-19-41(43)44-22-14-24-49-53(44)46-32-38-17-8-9-18-39(38)33-50(46)56(49,3)4/h5-34H,1-4H3. The van der Waals surface area contributed by atoms with Crippen molar-refractivity contribution in [2.24, 2.45) is 0 Å². The molecule has 0 atom stereocenters. The molecule has 9 aromatic rings. The highest BCUT2D eigenvalue weighted by Gasteiger charge is 2.38. The van der Waals surface area contributed by atoms with Crippen molar-refractivity contribution in [1.82, 2.24) is 9.97 Å². The molecule has 0 radical (unpaired) electrons. The van der Waals surface area contributed by atoms with Crippen LogP contribution in [-0.4, -0.2) is 9.97 Å². The molecule has 1 aromatic heterocycles. The van der Waals surface area contributed by atoms with Crippen LogP contribution in [0.3, 0.4) is 0 Å². The summed E-state index contributed by atoms with van der Waals surface area (Å²) in [6.07, 6.45) is 0. The van der Waals surface area contributed by atoms with E-state index in [1.807, 2.05) is 6.07 Å². The summed E-state index contributed by atoms with van der Waals surface area (Å²) in [5, 5.41) is 2.54. The van der Waals surface area contributed by atoms with Crippen LogP contribution in [0.5, 0.6) is 0 Å². The zero-order valence-electron chi connectivity index (χ0n) is 33.2. The van der Waals surface area contributed by atoms with E-state index >= 15 is 0 Å². The maximum absolute atomic E-state index is 5.31. The van der Waals surface area contributed by atoms with E-state index in [2.05, 4.69) is 204 Å². The summed E-state index contributed by atoms with van der Waals surface area (Å²) in [7, 11) is 0. The van der Waals surface area contributed by atoms with Gasteiger partial charge in [-0.15, -0.1) is 0 Å². The van der Waals surface area contributed by atoms with Gasteiger partial charge in [-0.1, -0.05) is 185 Å². The molecule has 0 unspecified atom stereocenters. The van der Waals surface area contributed by atoms with Crippen LogP contribution in [0, 0.1) is 0 Å².